The van der Waals surface area contributed by atoms with Crippen LogP contribution in [0.1, 0.15) is 33.1 Å². The molecule has 1 saturated heterocycles. The Morgan fingerprint density at radius 2 is 2.00 bits per heavy atom. The molecule has 0 radical (unpaired) electrons. The summed E-state index contributed by atoms with van der Waals surface area (Å²) >= 11 is 0. The van der Waals surface area contributed by atoms with E-state index < -0.39 is 37.0 Å². The average molecular weight is 270 g/mol. The molecule has 0 aromatic heterocycles. The lowest BCUT2D eigenvalue weighted by Crippen LogP contribution is -2.47. The number of carbonyl (C=O) groups is 1. The zero-order valence-electron chi connectivity index (χ0n) is 10.4. The van der Waals surface area contributed by atoms with E-state index in [0.29, 0.717) is 12.8 Å². The fourth-order valence-corrected chi connectivity index (χ4v) is 2.07. The maximum Gasteiger partial charge on any atom is 0.324 e. The summed E-state index contributed by atoms with van der Waals surface area (Å²) in [6, 6.07) is -0.534. The second-order valence-corrected chi connectivity index (χ2v) is 4.46. The molecule has 3 nitrogen and oxygen atoms in total. The van der Waals surface area contributed by atoms with Gasteiger partial charge in [-0.15, -0.1) is 0 Å². The number of amides is 1. The quantitative estimate of drug-likeness (QED) is 0.751. The minimum Gasteiger partial charge on any atom is -0.320 e. The van der Waals surface area contributed by atoms with Crippen molar-refractivity contribution >= 4 is 5.91 Å². The first kappa shape index (κ1) is 15.2. The Hall–Kier alpha value is -0.850. The second kappa shape index (κ2) is 5.86. The van der Waals surface area contributed by atoms with Crippen LogP contribution in [0.25, 0.3) is 0 Å². The first-order chi connectivity index (χ1) is 8.33. The van der Waals surface area contributed by atoms with Crippen molar-refractivity contribution in [1.29, 1.82) is 0 Å². The van der Waals surface area contributed by atoms with E-state index >= 15 is 0 Å². The van der Waals surface area contributed by atoms with Crippen LogP contribution in [0.15, 0.2) is 0 Å². The van der Waals surface area contributed by atoms with Crippen molar-refractivity contribution in [2.75, 3.05) is 6.54 Å². The highest BCUT2D eigenvalue weighted by Gasteiger charge is 2.48. The molecule has 1 aliphatic heterocycles. The van der Waals surface area contributed by atoms with Crippen molar-refractivity contribution in [2.45, 2.75) is 57.7 Å². The molecule has 0 spiro atoms. The molecule has 2 unspecified atom stereocenters. The van der Waals surface area contributed by atoms with Crippen LogP contribution < -0.4 is 5.32 Å². The van der Waals surface area contributed by atoms with Gasteiger partial charge in [0.15, 0.2) is 0 Å². The van der Waals surface area contributed by atoms with Gasteiger partial charge >= 0.3 is 12.3 Å². The zero-order valence-corrected chi connectivity index (χ0v) is 10.4. The summed E-state index contributed by atoms with van der Waals surface area (Å²) in [5, 5.41) is 2.90. The van der Waals surface area contributed by atoms with Gasteiger partial charge in [-0.3, -0.25) is 10.1 Å². The van der Waals surface area contributed by atoms with E-state index in [4.69, 9.17) is 0 Å². The van der Waals surface area contributed by atoms with Gasteiger partial charge in [0.2, 0.25) is 5.91 Å². The molecule has 2 atom stereocenters. The highest BCUT2D eigenvalue weighted by molar-refractivity contribution is 5.84. The molecular weight excluding hydrogens is 252 g/mol. The fraction of sp³-hybridized carbons (Fsp3) is 0.909. The lowest BCUT2D eigenvalue weighted by molar-refractivity contribution is -0.157. The van der Waals surface area contributed by atoms with Crippen LogP contribution in [0.5, 0.6) is 0 Å². The Kier molecular flexibility index (Phi) is 4.95. The lowest BCUT2D eigenvalue weighted by Gasteiger charge is -2.27. The Morgan fingerprint density at radius 1 is 1.39 bits per heavy atom. The number of rotatable bonds is 6. The van der Waals surface area contributed by atoms with Gasteiger partial charge in [-0.05, 0) is 12.8 Å². The van der Waals surface area contributed by atoms with Crippen molar-refractivity contribution in [3.05, 3.63) is 0 Å². The third-order valence-corrected chi connectivity index (χ3v) is 3.02. The molecule has 7 heteroatoms. The van der Waals surface area contributed by atoms with Crippen LogP contribution in [-0.4, -0.2) is 41.9 Å². The summed E-state index contributed by atoms with van der Waals surface area (Å²) in [6.45, 7) is 2.36. The summed E-state index contributed by atoms with van der Waals surface area (Å²) in [4.78, 5) is 12.7. The van der Waals surface area contributed by atoms with Crippen molar-refractivity contribution in [2.24, 2.45) is 0 Å². The van der Waals surface area contributed by atoms with E-state index in [1.165, 1.54) is 0 Å². The Bertz CT molecular complexity index is 299. The molecule has 1 rings (SSSR count). The van der Waals surface area contributed by atoms with Gasteiger partial charge in [0.1, 0.15) is 0 Å². The highest BCUT2D eigenvalue weighted by Crippen LogP contribution is 2.27. The van der Waals surface area contributed by atoms with Gasteiger partial charge in [0, 0.05) is 0 Å². The number of alkyl halides is 4. The molecule has 1 heterocycles. The first-order valence-electron chi connectivity index (χ1n) is 6.06. The summed E-state index contributed by atoms with van der Waals surface area (Å²) < 4.78 is 50.4. The van der Waals surface area contributed by atoms with E-state index in [-0.39, 0.29) is 0 Å². The predicted molar refractivity (Wildman–Crippen MR) is 58.6 cm³/mol. The highest BCUT2D eigenvalue weighted by atomic mass is 19.3. The summed E-state index contributed by atoms with van der Waals surface area (Å²) in [6.07, 6.45) is -2.69. The Labute approximate surface area is 104 Å². The van der Waals surface area contributed by atoms with Crippen molar-refractivity contribution < 1.29 is 22.4 Å². The number of hydrogen-bond acceptors (Lipinski definition) is 2. The number of halogens is 4. The molecule has 1 fully saturated rings. The number of nitrogens with zero attached hydrogens (tertiary/aromatic N) is 1. The van der Waals surface area contributed by atoms with Gasteiger partial charge in [-0.25, -0.2) is 8.78 Å². The van der Waals surface area contributed by atoms with Gasteiger partial charge in [-0.1, -0.05) is 20.3 Å². The second-order valence-electron chi connectivity index (χ2n) is 4.46. The minimum absolute atomic E-state index is 0.408. The number of hydrogen-bond donors (Lipinski definition) is 1. The molecule has 18 heavy (non-hydrogen) atoms. The van der Waals surface area contributed by atoms with E-state index in [9.17, 15) is 22.4 Å². The van der Waals surface area contributed by atoms with Crippen LogP contribution in [0.2, 0.25) is 0 Å². The summed E-state index contributed by atoms with van der Waals surface area (Å²) in [5.74, 6) is -4.67. The van der Waals surface area contributed by atoms with E-state index in [0.717, 1.165) is 11.3 Å². The molecule has 1 amide bonds. The smallest absolute Gasteiger partial charge is 0.320 e. The monoisotopic (exact) mass is 270 g/mol. The van der Waals surface area contributed by atoms with E-state index in [2.05, 4.69) is 5.32 Å². The van der Waals surface area contributed by atoms with Crippen LogP contribution in [-0.2, 0) is 4.79 Å². The normalized spacial score (nSPS) is 25.3. The first-order valence-corrected chi connectivity index (χ1v) is 6.06. The van der Waals surface area contributed by atoms with Crippen LogP contribution >= 0.6 is 0 Å². The molecule has 106 valence electrons. The van der Waals surface area contributed by atoms with Gasteiger partial charge in [0.25, 0.3) is 0 Å². The van der Waals surface area contributed by atoms with Gasteiger partial charge in [0.05, 0.1) is 18.8 Å². The SMILES string of the molecule is CCCC1NC(CC)N(CC(F)(F)C(F)F)C1=O. The molecule has 0 bridgehead atoms. The molecule has 0 aromatic carbocycles. The van der Waals surface area contributed by atoms with E-state index in [1.807, 2.05) is 6.92 Å². The number of carbonyl (C=O) groups excluding carboxylic acids is 1. The number of nitrogens with one attached hydrogen (secondary N) is 1. The van der Waals surface area contributed by atoms with Crippen LogP contribution in [0, 0.1) is 0 Å². The largest absolute Gasteiger partial charge is 0.324 e. The maximum atomic E-state index is 13.0. The van der Waals surface area contributed by atoms with Gasteiger partial charge in [-0.2, -0.15) is 8.78 Å². The maximum absolute atomic E-state index is 13.0. The molecule has 0 aliphatic carbocycles. The van der Waals surface area contributed by atoms with Gasteiger partial charge < -0.3 is 4.90 Å². The van der Waals surface area contributed by atoms with Crippen molar-refractivity contribution in [3.8, 4) is 0 Å². The topological polar surface area (TPSA) is 32.3 Å². The van der Waals surface area contributed by atoms with Crippen LogP contribution in [0.4, 0.5) is 17.6 Å². The van der Waals surface area contributed by atoms with Crippen LogP contribution in [0.3, 0.4) is 0 Å². The third kappa shape index (κ3) is 3.13. The Balaban J connectivity index is 2.76. The zero-order chi connectivity index (χ0) is 13.9. The summed E-state index contributed by atoms with van der Waals surface area (Å²) in [7, 11) is 0. The summed E-state index contributed by atoms with van der Waals surface area (Å²) in [5.41, 5.74) is 0. The fourth-order valence-electron chi connectivity index (χ4n) is 2.07. The minimum atomic E-state index is -4.16. The molecular formula is C11H18F4N2O. The third-order valence-electron chi connectivity index (χ3n) is 3.02. The van der Waals surface area contributed by atoms with E-state index in [1.54, 1.807) is 6.92 Å². The average Bonchev–Trinajstić information content (AvgIpc) is 2.57. The van der Waals surface area contributed by atoms with Crippen molar-refractivity contribution in [1.82, 2.24) is 10.2 Å². The van der Waals surface area contributed by atoms with Crippen molar-refractivity contribution in [3.63, 3.8) is 0 Å². The molecule has 0 saturated carbocycles. The molecule has 1 aliphatic rings. The Morgan fingerprint density at radius 3 is 2.44 bits per heavy atom. The molecule has 1 N–H and O–H groups in total. The lowest BCUT2D eigenvalue weighted by atomic mass is 10.1. The standard InChI is InChI=1S/C11H18F4N2O/c1-3-5-7-9(18)17(8(4-2)16-7)6-11(14,15)10(12)13/h7-8,10,16H,3-6H2,1-2H3. The predicted octanol–water partition coefficient (Wildman–Crippen LogP) is 2.22. The molecule has 0 aromatic rings.